The van der Waals surface area contributed by atoms with E-state index in [0.717, 1.165) is 17.1 Å². The zero-order valence-electron chi connectivity index (χ0n) is 8.62. The molecule has 2 aromatic rings. The Morgan fingerprint density at radius 2 is 2.40 bits per heavy atom. The number of aromatic nitrogens is 2. The second-order valence-electron chi connectivity index (χ2n) is 3.17. The Bertz CT molecular complexity index is 481. The van der Waals surface area contributed by atoms with Gasteiger partial charge in [0.1, 0.15) is 16.5 Å². The summed E-state index contributed by atoms with van der Waals surface area (Å²) in [5, 5.41) is 3.66. The van der Waals surface area contributed by atoms with Crippen molar-refractivity contribution in [3.63, 3.8) is 0 Å². The first-order valence-corrected chi connectivity index (χ1v) is 4.99. The zero-order valence-corrected chi connectivity index (χ0v) is 9.38. The third kappa shape index (κ3) is 1.78. The number of nitrogens with zero attached hydrogens (tertiary/aromatic N) is 2. The molecule has 0 unspecified atom stereocenters. The maximum atomic E-state index is 6.15. The number of hydrogen-bond donors (Lipinski definition) is 1. The molecule has 0 aliphatic carbocycles. The number of imidazole rings is 1. The molecule has 0 radical (unpaired) electrons. The Morgan fingerprint density at radius 1 is 1.60 bits per heavy atom. The van der Waals surface area contributed by atoms with Gasteiger partial charge < -0.3 is 10.1 Å². The van der Waals surface area contributed by atoms with E-state index >= 15 is 0 Å². The molecule has 80 valence electrons. The Labute approximate surface area is 92.8 Å². The maximum Gasteiger partial charge on any atom is 0.141 e. The van der Waals surface area contributed by atoms with Gasteiger partial charge in [-0.05, 0) is 13.1 Å². The molecular formula is C10H12ClN3O. The van der Waals surface area contributed by atoms with Crippen molar-refractivity contribution < 1.29 is 4.74 Å². The fourth-order valence-electron chi connectivity index (χ4n) is 1.45. The van der Waals surface area contributed by atoms with Crippen LogP contribution in [0.1, 0.15) is 5.69 Å². The van der Waals surface area contributed by atoms with Gasteiger partial charge in [-0.1, -0.05) is 11.6 Å². The molecule has 2 heterocycles. The number of rotatable bonds is 3. The quantitative estimate of drug-likeness (QED) is 0.865. The van der Waals surface area contributed by atoms with E-state index in [-0.39, 0.29) is 0 Å². The molecule has 2 aromatic heterocycles. The second kappa shape index (κ2) is 4.08. The van der Waals surface area contributed by atoms with Gasteiger partial charge in [-0.15, -0.1) is 0 Å². The molecule has 0 aromatic carbocycles. The third-order valence-corrected chi connectivity index (χ3v) is 2.59. The number of fused-ring (bicyclic) bond motifs is 1. The van der Waals surface area contributed by atoms with Crippen LogP contribution < -0.4 is 10.1 Å². The van der Waals surface area contributed by atoms with E-state index in [1.807, 2.05) is 29.8 Å². The van der Waals surface area contributed by atoms with Crippen LogP contribution in [0.2, 0.25) is 5.15 Å². The molecule has 0 spiro atoms. The molecular weight excluding hydrogens is 214 g/mol. The molecule has 0 saturated heterocycles. The van der Waals surface area contributed by atoms with Crippen LogP contribution in [-0.2, 0) is 6.54 Å². The van der Waals surface area contributed by atoms with Crippen molar-refractivity contribution in [2.75, 3.05) is 14.2 Å². The van der Waals surface area contributed by atoms with E-state index in [1.165, 1.54) is 0 Å². The highest BCUT2D eigenvalue weighted by Gasteiger charge is 2.09. The Hall–Kier alpha value is -1.26. The van der Waals surface area contributed by atoms with Gasteiger partial charge in [0.15, 0.2) is 0 Å². The molecule has 0 bridgehead atoms. The van der Waals surface area contributed by atoms with Crippen molar-refractivity contribution in [3.05, 3.63) is 29.2 Å². The number of nitrogens with one attached hydrogen (secondary N) is 1. The predicted molar refractivity (Wildman–Crippen MR) is 59.5 cm³/mol. The molecule has 5 heteroatoms. The van der Waals surface area contributed by atoms with Gasteiger partial charge in [0.2, 0.25) is 0 Å². The summed E-state index contributed by atoms with van der Waals surface area (Å²) in [5.74, 6) is 0.778. The van der Waals surface area contributed by atoms with Crippen LogP contribution in [-0.4, -0.2) is 23.5 Å². The van der Waals surface area contributed by atoms with Gasteiger partial charge in [-0.2, -0.15) is 0 Å². The van der Waals surface area contributed by atoms with Gasteiger partial charge in [0.25, 0.3) is 0 Å². The maximum absolute atomic E-state index is 6.15. The Balaban J connectivity index is 2.55. The van der Waals surface area contributed by atoms with Crippen LogP contribution in [0.4, 0.5) is 0 Å². The van der Waals surface area contributed by atoms with Crippen molar-refractivity contribution in [3.8, 4) is 5.75 Å². The SMILES string of the molecule is CNCc1nc2cc(OC)ccn2c1Cl. The van der Waals surface area contributed by atoms with Gasteiger partial charge >= 0.3 is 0 Å². The molecule has 4 nitrogen and oxygen atoms in total. The average molecular weight is 226 g/mol. The molecule has 0 fully saturated rings. The number of pyridine rings is 1. The van der Waals surface area contributed by atoms with Crippen LogP contribution >= 0.6 is 11.6 Å². The van der Waals surface area contributed by atoms with Gasteiger partial charge in [-0.3, -0.25) is 4.40 Å². The summed E-state index contributed by atoms with van der Waals surface area (Å²) < 4.78 is 6.95. The second-order valence-corrected chi connectivity index (χ2v) is 3.53. The van der Waals surface area contributed by atoms with Crippen LogP contribution in [0.3, 0.4) is 0 Å². The minimum atomic E-state index is 0.641. The standard InChI is InChI=1S/C10H12ClN3O/c1-12-6-8-10(11)14-4-3-7(15-2)5-9(14)13-8/h3-5,12H,6H2,1-2H3. The van der Waals surface area contributed by atoms with Gasteiger partial charge in [-0.25, -0.2) is 4.98 Å². The van der Waals surface area contributed by atoms with Crippen LogP contribution in [0, 0.1) is 0 Å². The van der Waals surface area contributed by atoms with Crippen molar-refractivity contribution in [2.45, 2.75) is 6.54 Å². The summed E-state index contributed by atoms with van der Waals surface area (Å²) in [6.07, 6.45) is 1.85. The first kappa shape index (κ1) is 10.3. The number of methoxy groups -OCH3 is 1. The first-order chi connectivity index (χ1) is 7.26. The highest BCUT2D eigenvalue weighted by atomic mass is 35.5. The predicted octanol–water partition coefficient (Wildman–Crippen LogP) is 1.72. The highest BCUT2D eigenvalue weighted by Crippen LogP contribution is 2.21. The number of halogens is 1. The summed E-state index contributed by atoms with van der Waals surface area (Å²) in [6.45, 7) is 0.656. The molecule has 0 atom stereocenters. The Kier molecular flexibility index (Phi) is 2.79. The molecule has 0 amide bonds. The van der Waals surface area contributed by atoms with E-state index in [4.69, 9.17) is 16.3 Å². The zero-order chi connectivity index (χ0) is 10.8. The number of hydrogen-bond acceptors (Lipinski definition) is 3. The summed E-state index contributed by atoms with van der Waals surface area (Å²) in [5.41, 5.74) is 1.64. The van der Waals surface area contributed by atoms with Crippen molar-refractivity contribution >= 4 is 17.2 Å². The molecule has 1 N–H and O–H groups in total. The highest BCUT2D eigenvalue weighted by molar-refractivity contribution is 6.30. The van der Waals surface area contributed by atoms with Crippen molar-refractivity contribution in [2.24, 2.45) is 0 Å². The van der Waals surface area contributed by atoms with Crippen molar-refractivity contribution in [1.29, 1.82) is 0 Å². The van der Waals surface area contributed by atoms with Crippen LogP contribution in [0.15, 0.2) is 18.3 Å². The lowest BCUT2D eigenvalue weighted by atomic mass is 10.4. The third-order valence-electron chi connectivity index (χ3n) is 2.19. The lowest BCUT2D eigenvalue weighted by Gasteiger charge is -1.99. The molecule has 15 heavy (non-hydrogen) atoms. The Morgan fingerprint density at radius 3 is 3.07 bits per heavy atom. The molecule has 0 aliphatic heterocycles. The van der Waals surface area contributed by atoms with E-state index < -0.39 is 0 Å². The summed E-state index contributed by atoms with van der Waals surface area (Å²) >= 11 is 6.15. The van der Waals surface area contributed by atoms with E-state index in [0.29, 0.717) is 11.7 Å². The van der Waals surface area contributed by atoms with E-state index in [1.54, 1.807) is 7.11 Å². The first-order valence-electron chi connectivity index (χ1n) is 4.61. The molecule has 0 aliphatic rings. The van der Waals surface area contributed by atoms with Crippen LogP contribution in [0.5, 0.6) is 5.75 Å². The van der Waals surface area contributed by atoms with Crippen LogP contribution in [0.25, 0.3) is 5.65 Å². The monoisotopic (exact) mass is 225 g/mol. The fraction of sp³-hybridized carbons (Fsp3) is 0.300. The van der Waals surface area contributed by atoms with Crippen molar-refractivity contribution in [1.82, 2.24) is 14.7 Å². The lowest BCUT2D eigenvalue weighted by molar-refractivity contribution is 0.414. The van der Waals surface area contributed by atoms with E-state index in [9.17, 15) is 0 Å². The molecule has 0 saturated carbocycles. The fourth-order valence-corrected chi connectivity index (χ4v) is 1.70. The smallest absolute Gasteiger partial charge is 0.141 e. The summed E-state index contributed by atoms with van der Waals surface area (Å²) in [7, 11) is 3.49. The largest absolute Gasteiger partial charge is 0.497 e. The summed E-state index contributed by atoms with van der Waals surface area (Å²) in [4.78, 5) is 4.40. The minimum absolute atomic E-state index is 0.641. The normalized spacial score (nSPS) is 10.9. The van der Waals surface area contributed by atoms with Gasteiger partial charge in [0, 0.05) is 18.8 Å². The topological polar surface area (TPSA) is 38.6 Å². The average Bonchev–Trinajstić information content (AvgIpc) is 2.56. The summed E-state index contributed by atoms with van der Waals surface area (Å²) in [6, 6.07) is 3.70. The van der Waals surface area contributed by atoms with Gasteiger partial charge in [0.05, 0.1) is 12.8 Å². The number of ether oxygens (including phenoxy) is 1. The minimum Gasteiger partial charge on any atom is -0.497 e. The van der Waals surface area contributed by atoms with E-state index in [2.05, 4.69) is 10.3 Å². The lowest BCUT2D eigenvalue weighted by Crippen LogP contribution is -2.05. The molecule has 2 rings (SSSR count).